The fourth-order valence-electron chi connectivity index (χ4n) is 2.56. The average molecular weight is 328 g/mol. The molecule has 0 spiro atoms. The quantitative estimate of drug-likeness (QED) is 0.785. The van der Waals surface area contributed by atoms with Gasteiger partial charge in [-0.2, -0.15) is 0 Å². The molecule has 0 aromatic heterocycles. The van der Waals surface area contributed by atoms with Crippen molar-refractivity contribution < 1.29 is 19.1 Å². The van der Waals surface area contributed by atoms with Crippen LogP contribution in [-0.4, -0.2) is 54.8 Å². The summed E-state index contributed by atoms with van der Waals surface area (Å²) >= 11 is 0. The van der Waals surface area contributed by atoms with Crippen molar-refractivity contribution in [2.45, 2.75) is 59.6 Å². The van der Waals surface area contributed by atoms with Crippen LogP contribution in [-0.2, 0) is 14.3 Å². The van der Waals surface area contributed by atoms with Gasteiger partial charge in [0, 0.05) is 19.1 Å². The van der Waals surface area contributed by atoms with E-state index in [0.29, 0.717) is 25.6 Å². The molecular formula is C17H32N2O4. The number of nitrogens with zero attached hydrogens (tertiary/aromatic N) is 1. The number of likely N-dealkylation sites (tertiary alicyclic amines) is 1. The van der Waals surface area contributed by atoms with E-state index in [1.54, 1.807) is 11.8 Å². The summed E-state index contributed by atoms with van der Waals surface area (Å²) in [6, 6.07) is 0.0372. The number of amides is 1. The van der Waals surface area contributed by atoms with E-state index in [1.807, 2.05) is 20.8 Å². The van der Waals surface area contributed by atoms with Gasteiger partial charge in [-0.1, -0.05) is 13.8 Å². The number of nitrogens with one attached hydrogen (secondary N) is 1. The van der Waals surface area contributed by atoms with Gasteiger partial charge in [0.1, 0.15) is 5.60 Å². The molecule has 1 rings (SSSR count). The highest BCUT2D eigenvalue weighted by atomic mass is 16.6. The fraction of sp³-hybridized carbons (Fsp3) is 0.882. The van der Waals surface area contributed by atoms with E-state index in [4.69, 9.17) is 9.47 Å². The SMILES string of the molecule is CCOC(=O)[C@H]1CN(C(=O)OC(C)(C)C)CC[C@H]1NCC(C)C. The molecule has 0 saturated carbocycles. The Labute approximate surface area is 139 Å². The number of piperidine rings is 1. The van der Waals surface area contributed by atoms with Crippen LogP contribution in [0.25, 0.3) is 0 Å². The van der Waals surface area contributed by atoms with Crippen molar-refractivity contribution in [2.75, 3.05) is 26.2 Å². The summed E-state index contributed by atoms with van der Waals surface area (Å²) in [6.45, 7) is 13.7. The van der Waals surface area contributed by atoms with Crippen molar-refractivity contribution in [3.8, 4) is 0 Å². The predicted octanol–water partition coefficient (Wildman–Crippen LogP) is 2.42. The van der Waals surface area contributed by atoms with E-state index in [1.165, 1.54) is 0 Å². The third-order valence-electron chi connectivity index (χ3n) is 3.64. The van der Waals surface area contributed by atoms with Crippen LogP contribution >= 0.6 is 0 Å². The Morgan fingerprint density at radius 3 is 2.48 bits per heavy atom. The van der Waals surface area contributed by atoms with E-state index in [9.17, 15) is 9.59 Å². The smallest absolute Gasteiger partial charge is 0.410 e. The second kappa shape index (κ2) is 8.52. The lowest BCUT2D eigenvalue weighted by atomic mass is 9.92. The minimum atomic E-state index is -0.538. The molecule has 1 fully saturated rings. The first-order valence-electron chi connectivity index (χ1n) is 8.52. The third-order valence-corrected chi connectivity index (χ3v) is 3.64. The number of hydrogen-bond donors (Lipinski definition) is 1. The molecule has 0 aromatic rings. The van der Waals surface area contributed by atoms with Crippen LogP contribution in [0, 0.1) is 11.8 Å². The number of carbonyl (C=O) groups excluding carboxylic acids is 2. The zero-order valence-electron chi connectivity index (χ0n) is 15.3. The summed E-state index contributed by atoms with van der Waals surface area (Å²) in [5, 5.41) is 3.44. The summed E-state index contributed by atoms with van der Waals surface area (Å²) < 4.78 is 10.6. The van der Waals surface area contributed by atoms with Gasteiger partial charge in [0.25, 0.3) is 0 Å². The highest BCUT2D eigenvalue weighted by Crippen LogP contribution is 2.21. The monoisotopic (exact) mass is 328 g/mol. The van der Waals surface area contributed by atoms with Crippen LogP contribution in [0.2, 0.25) is 0 Å². The third kappa shape index (κ3) is 6.77. The maximum atomic E-state index is 12.3. The van der Waals surface area contributed by atoms with Gasteiger partial charge in [0.05, 0.1) is 12.5 Å². The molecule has 134 valence electrons. The lowest BCUT2D eigenvalue weighted by Gasteiger charge is -2.38. The largest absolute Gasteiger partial charge is 0.466 e. The Bertz CT molecular complexity index is 404. The number of carbonyl (C=O) groups is 2. The molecule has 1 N–H and O–H groups in total. The van der Waals surface area contributed by atoms with Crippen LogP contribution in [0.1, 0.15) is 48.0 Å². The van der Waals surface area contributed by atoms with Crippen molar-refractivity contribution in [1.29, 1.82) is 0 Å². The van der Waals surface area contributed by atoms with E-state index in [2.05, 4.69) is 19.2 Å². The van der Waals surface area contributed by atoms with Gasteiger partial charge in [-0.15, -0.1) is 0 Å². The van der Waals surface area contributed by atoms with Crippen molar-refractivity contribution in [1.82, 2.24) is 10.2 Å². The Kier molecular flexibility index (Phi) is 7.32. The Morgan fingerprint density at radius 1 is 1.30 bits per heavy atom. The van der Waals surface area contributed by atoms with E-state index in [0.717, 1.165) is 13.0 Å². The second-order valence-corrected chi connectivity index (χ2v) is 7.48. The van der Waals surface area contributed by atoms with E-state index in [-0.39, 0.29) is 24.0 Å². The number of hydrogen-bond acceptors (Lipinski definition) is 5. The van der Waals surface area contributed by atoms with Gasteiger partial charge in [-0.25, -0.2) is 4.79 Å². The maximum absolute atomic E-state index is 12.3. The Morgan fingerprint density at radius 2 is 1.96 bits per heavy atom. The van der Waals surface area contributed by atoms with Crippen LogP contribution in [0.5, 0.6) is 0 Å². The highest BCUT2D eigenvalue weighted by molar-refractivity contribution is 5.75. The van der Waals surface area contributed by atoms with Crippen molar-refractivity contribution >= 4 is 12.1 Å². The van der Waals surface area contributed by atoms with Gasteiger partial charge in [0.2, 0.25) is 0 Å². The molecule has 1 amide bonds. The summed E-state index contributed by atoms with van der Waals surface area (Å²) in [6.07, 6.45) is 0.351. The molecule has 23 heavy (non-hydrogen) atoms. The number of rotatable bonds is 5. The van der Waals surface area contributed by atoms with Crippen molar-refractivity contribution in [3.63, 3.8) is 0 Å². The molecule has 0 unspecified atom stereocenters. The molecule has 6 nitrogen and oxygen atoms in total. The van der Waals surface area contributed by atoms with Gasteiger partial charge >= 0.3 is 12.1 Å². The number of esters is 1. The normalized spacial score (nSPS) is 22.1. The molecule has 0 aliphatic carbocycles. The van der Waals surface area contributed by atoms with Gasteiger partial charge < -0.3 is 19.7 Å². The maximum Gasteiger partial charge on any atom is 0.410 e. The summed E-state index contributed by atoms with van der Waals surface area (Å²) in [7, 11) is 0. The van der Waals surface area contributed by atoms with Gasteiger partial charge in [-0.3, -0.25) is 4.79 Å². The minimum Gasteiger partial charge on any atom is -0.466 e. The molecule has 0 radical (unpaired) electrons. The molecular weight excluding hydrogens is 296 g/mol. The number of ether oxygens (including phenoxy) is 2. The molecule has 1 aliphatic rings. The van der Waals surface area contributed by atoms with Crippen LogP contribution in [0.4, 0.5) is 4.79 Å². The van der Waals surface area contributed by atoms with Gasteiger partial charge in [-0.05, 0) is 46.6 Å². The summed E-state index contributed by atoms with van der Waals surface area (Å²) in [4.78, 5) is 26.1. The molecule has 0 bridgehead atoms. The lowest BCUT2D eigenvalue weighted by molar-refractivity contribution is -0.150. The van der Waals surface area contributed by atoms with Gasteiger partial charge in [0.15, 0.2) is 0 Å². The zero-order chi connectivity index (χ0) is 17.6. The van der Waals surface area contributed by atoms with Crippen LogP contribution < -0.4 is 5.32 Å². The molecule has 0 aromatic carbocycles. The molecule has 1 saturated heterocycles. The average Bonchev–Trinajstić information content (AvgIpc) is 2.43. The first-order valence-corrected chi connectivity index (χ1v) is 8.52. The van der Waals surface area contributed by atoms with E-state index >= 15 is 0 Å². The second-order valence-electron chi connectivity index (χ2n) is 7.48. The topological polar surface area (TPSA) is 67.9 Å². The lowest BCUT2D eigenvalue weighted by Crippen LogP contribution is -2.55. The standard InChI is InChI=1S/C17H32N2O4/c1-7-22-15(20)13-11-19(16(21)23-17(4,5)6)9-8-14(13)18-10-12(2)3/h12-14,18H,7-11H2,1-6H3/t13-,14+/m0/s1. The van der Waals surface area contributed by atoms with Crippen LogP contribution in [0.15, 0.2) is 0 Å². The van der Waals surface area contributed by atoms with E-state index < -0.39 is 5.60 Å². The first-order chi connectivity index (χ1) is 10.6. The molecule has 6 heteroatoms. The van der Waals surface area contributed by atoms with Crippen LogP contribution in [0.3, 0.4) is 0 Å². The Hall–Kier alpha value is -1.30. The Balaban J connectivity index is 2.73. The molecule has 2 atom stereocenters. The van der Waals surface area contributed by atoms with Crippen molar-refractivity contribution in [2.24, 2.45) is 11.8 Å². The molecule has 1 aliphatic heterocycles. The molecule has 1 heterocycles. The highest BCUT2D eigenvalue weighted by Gasteiger charge is 2.38. The fourth-order valence-corrected chi connectivity index (χ4v) is 2.56. The summed E-state index contributed by atoms with van der Waals surface area (Å²) in [5.74, 6) is -0.0984. The first kappa shape index (κ1) is 19.7. The zero-order valence-corrected chi connectivity index (χ0v) is 15.3. The minimum absolute atomic E-state index is 0.0372. The van der Waals surface area contributed by atoms with Crippen molar-refractivity contribution in [3.05, 3.63) is 0 Å². The predicted molar refractivity (Wildman–Crippen MR) is 89.2 cm³/mol. The summed E-state index contributed by atoms with van der Waals surface area (Å²) in [5.41, 5.74) is -0.538.